The Bertz CT molecular complexity index is 805. The van der Waals surface area contributed by atoms with Crippen LogP contribution in [-0.2, 0) is 6.42 Å². The van der Waals surface area contributed by atoms with Crippen LogP contribution in [-0.4, -0.2) is 24.0 Å². The van der Waals surface area contributed by atoms with Crippen LogP contribution in [0.3, 0.4) is 0 Å². The minimum atomic E-state index is -0.0958. The zero-order valence-electron chi connectivity index (χ0n) is 15.5. The number of aromatic hydroxyl groups is 1. The van der Waals surface area contributed by atoms with Crippen molar-refractivity contribution in [2.45, 2.75) is 26.4 Å². The Hall–Kier alpha value is -3.01. The number of benzene rings is 2. The van der Waals surface area contributed by atoms with Crippen molar-refractivity contribution >= 4 is 17.5 Å². The molecule has 0 aliphatic rings. The summed E-state index contributed by atoms with van der Waals surface area (Å²) in [6.45, 7) is 7.53. The zero-order chi connectivity index (χ0) is 19.1. The number of ether oxygens (including phenoxy) is 1. The van der Waals surface area contributed by atoms with Crippen LogP contribution in [0.25, 0.3) is 6.08 Å². The fourth-order valence-corrected chi connectivity index (χ4v) is 2.50. The van der Waals surface area contributed by atoms with E-state index < -0.39 is 0 Å². The van der Waals surface area contributed by atoms with E-state index in [4.69, 9.17) is 4.74 Å². The lowest BCUT2D eigenvalue weighted by atomic mass is 10.0. The number of ketones is 1. The number of carbonyl (C=O) groups excluding carboxylic acids is 1. The van der Waals surface area contributed by atoms with Crippen LogP contribution in [0.2, 0.25) is 0 Å². The van der Waals surface area contributed by atoms with Crippen molar-refractivity contribution in [1.82, 2.24) is 0 Å². The molecule has 0 heterocycles. The van der Waals surface area contributed by atoms with E-state index in [2.05, 4.69) is 11.9 Å². The largest absolute Gasteiger partial charge is 0.508 e. The Kier molecular flexibility index (Phi) is 6.61. The van der Waals surface area contributed by atoms with Gasteiger partial charge >= 0.3 is 0 Å². The summed E-state index contributed by atoms with van der Waals surface area (Å²) in [5.74, 6) is 0.605. The number of rotatable bonds is 8. The maximum absolute atomic E-state index is 12.4. The molecule has 0 fully saturated rings. The third-order valence-corrected chi connectivity index (χ3v) is 3.81. The molecule has 2 aromatic rings. The SMILES string of the molecule is C=CCc1cc(/C=C/C(=O)c2ccc(NC)cc2)c(OC(C)C)cc1O. The number of allylic oxidation sites excluding steroid dienone is 2. The Morgan fingerprint density at radius 1 is 1.27 bits per heavy atom. The van der Waals surface area contributed by atoms with Crippen molar-refractivity contribution in [3.05, 3.63) is 71.8 Å². The lowest BCUT2D eigenvalue weighted by Gasteiger charge is -2.15. The van der Waals surface area contributed by atoms with E-state index in [1.54, 1.807) is 30.4 Å². The summed E-state index contributed by atoms with van der Waals surface area (Å²) in [7, 11) is 1.83. The number of phenols is 1. The minimum absolute atomic E-state index is 0.0448. The second-order valence-corrected chi connectivity index (χ2v) is 6.20. The van der Waals surface area contributed by atoms with Gasteiger partial charge in [-0.3, -0.25) is 4.79 Å². The maximum Gasteiger partial charge on any atom is 0.185 e. The fourth-order valence-electron chi connectivity index (χ4n) is 2.50. The van der Waals surface area contributed by atoms with Gasteiger partial charge < -0.3 is 15.2 Å². The van der Waals surface area contributed by atoms with E-state index in [1.807, 2.05) is 39.1 Å². The smallest absolute Gasteiger partial charge is 0.185 e. The molecule has 0 aliphatic carbocycles. The molecule has 4 heteroatoms. The van der Waals surface area contributed by atoms with Crippen molar-refractivity contribution in [3.8, 4) is 11.5 Å². The molecule has 26 heavy (non-hydrogen) atoms. The molecule has 0 atom stereocenters. The van der Waals surface area contributed by atoms with E-state index in [-0.39, 0.29) is 17.6 Å². The van der Waals surface area contributed by atoms with Gasteiger partial charge in [0.1, 0.15) is 11.5 Å². The highest BCUT2D eigenvalue weighted by molar-refractivity contribution is 6.07. The second kappa shape index (κ2) is 8.90. The van der Waals surface area contributed by atoms with E-state index in [0.29, 0.717) is 17.7 Å². The normalized spacial score (nSPS) is 10.9. The zero-order valence-corrected chi connectivity index (χ0v) is 15.5. The number of phenolic OH excluding ortho intramolecular Hbond substituents is 1. The number of anilines is 1. The summed E-state index contributed by atoms with van der Waals surface area (Å²) in [5, 5.41) is 13.2. The molecule has 0 spiro atoms. The van der Waals surface area contributed by atoms with Gasteiger partial charge in [-0.15, -0.1) is 6.58 Å². The summed E-state index contributed by atoms with van der Waals surface area (Å²) >= 11 is 0. The van der Waals surface area contributed by atoms with Gasteiger partial charge in [0, 0.05) is 29.9 Å². The first-order valence-electron chi connectivity index (χ1n) is 8.58. The standard InChI is InChI=1S/C22H25NO3/c1-5-6-17-13-18(22(14-21(17)25)26-15(2)3)9-12-20(24)16-7-10-19(23-4)11-8-16/h5,7-15,23,25H,1,6H2,2-4H3/b12-9+. The Morgan fingerprint density at radius 3 is 2.54 bits per heavy atom. The molecule has 4 nitrogen and oxygen atoms in total. The molecule has 0 bridgehead atoms. The molecule has 0 aliphatic heterocycles. The van der Waals surface area contributed by atoms with Crippen LogP contribution in [0.5, 0.6) is 11.5 Å². The van der Waals surface area contributed by atoms with E-state index in [9.17, 15) is 9.90 Å². The van der Waals surface area contributed by atoms with Crippen LogP contribution < -0.4 is 10.1 Å². The van der Waals surface area contributed by atoms with Gasteiger partial charge in [-0.2, -0.15) is 0 Å². The van der Waals surface area contributed by atoms with Crippen LogP contribution in [0.1, 0.15) is 35.3 Å². The summed E-state index contributed by atoms with van der Waals surface area (Å²) in [6, 6.07) is 10.7. The summed E-state index contributed by atoms with van der Waals surface area (Å²) < 4.78 is 5.77. The van der Waals surface area contributed by atoms with Crippen LogP contribution in [0.4, 0.5) is 5.69 Å². The molecule has 0 unspecified atom stereocenters. The van der Waals surface area contributed by atoms with Crippen molar-refractivity contribution in [2.75, 3.05) is 12.4 Å². The number of nitrogens with one attached hydrogen (secondary N) is 1. The topological polar surface area (TPSA) is 58.6 Å². The predicted octanol–water partition coefficient (Wildman–Crippen LogP) is 4.85. The highest BCUT2D eigenvalue weighted by Crippen LogP contribution is 2.31. The molecular weight excluding hydrogens is 326 g/mol. The summed E-state index contributed by atoms with van der Waals surface area (Å²) in [4.78, 5) is 12.4. The molecule has 2 N–H and O–H groups in total. The third-order valence-electron chi connectivity index (χ3n) is 3.81. The van der Waals surface area contributed by atoms with Gasteiger partial charge in [0.25, 0.3) is 0 Å². The molecule has 136 valence electrons. The van der Waals surface area contributed by atoms with Crippen molar-refractivity contribution in [3.63, 3.8) is 0 Å². The average Bonchev–Trinajstić information content (AvgIpc) is 2.62. The monoisotopic (exact) mass is 351 g/mol. The van der Waals surface area contributed by atoms with Gasteiger partial charge in [-0.25, -0.2) is 0 Å². The first-order valence-corrected chi connectivity index (χ1v) is 8.58. The Labute approximate surface area is 154 Å². The maximum atomic E-state index is 12.4. The Balaban J connectivity index is 2.31. The molecule has 2 rings (SSSR count). The van der Waals surface area contributed by atoms with E-state index in [1.165, 1.54) is 6.08 Å². The quantitative estimate of drug-likeness (QED) is 0.406. The van der Waals surface area contributed by atoms with Gasteiger partial charge in [0.05, 0.1) is 6.10 Å². The fraction of sp³-hybridized carbons (Fsp3) is 0.227. The first-order chi connectivity index (χ1) is 12.4. The number of hydrogen-bond donors (Lipinski definition) is 2. The lowest BCUT2D eigenvalue weighted by Crippen LogP contribution is -2.07. The van der Waals surface area contributed by atoms with Crippen LogP contribution in [0, 0.1) is 0 Å². The van der Waals surface area contributed by atoms with Gasteiger partial charge in [0.2, 0.25) is 0 Å². The number of hydrogen-bond acceptors (Lipinski definition) is 4. The molecule has 0 saturated carbocycles. The van der Waals surface area contributed by atoms with Crippen LogP contribution >= 0.6 is 0 Å². The predicted molar refractivity (Wildman–Crippen MR) is 107 cm³/mol. The minimum Gasteiger partial charge on any atom is -0.508 e. The summed E-state index contributed by atoms with van der Waals surface area (Å²) in [6.07, 6.45) is 5.45. The molecule has 0 aromatic heterocycles. The second-order valence-electron chi connectivity index (χ2n) is 6.20. The highest BCUT2D eigenvalue weighted by Gasteiger charge is 2.10. The molecule has 2 aromatic carbocycles. The third kappa shape index (κ3) is 4.99. The first kappa shape index (κ1) is 19.3. The van der Waals surface area contributed by atoms with Gasteiger partial charge in [-0.05, 0) is 68.3 Å². The number of carbonyl (C=O) groups is 1. The van der Waals surface area contributed by atoms with Crippen molar-refractivity contribution < 1.29 is 14.6 Å². The summed E-state index contributed by atoms with van der Waals surface area (Å²) in [5.41, 5.74) is 3.04. The lowest BCUT2D eigenvalue weighted by molar-refractivity contribution is 0.104. The molecule has 0 radical (unpaired) electrons. The van der Waals surface area contributed by atoms with Gasteiger partial charge in [-0.1, -0.05) is 6.08 Å². The Morgan fingerprint density at radius 2 is 1.96 bits per heavy atom. The molecule has 0 amide bonds. The average molecular weight is 351 g/mol. The van der Waals surface area contributed by atoms with Crippen molar-refractivity contribution in [2.24, 2.45) is 0 Å². The van der Waals surface area contributed by atoms with E-state index in [0.717, 1.165) is 16.8 Å². The van der Waals surface area contributed by atoms with Gasteiger partial charge in [0.15, 0.2) is 5.78 Å². The van der Waals surface area contributed by atoms with Crippen molar-refractivity contribution in [1.29, 1.82) is 0 Å². The molecular formula is C22H25NO3. The molecule has 0 saturated heterocycles. The highest BCUT2D eigenvalue weighted by atomic mass is 16.5. The van der Waals surface area contributed by atoms with E-state index >= 15 is 0 Å². The van der Waals surface area contributed by atoms with Crippen LogP contribution in [0.15, 0.2) is 55.1 Å².